The van der Waals surface area contributed by atoms with E-state index in [0.29, 0.717) is 18.4 Å². The standard InChI is InChI=1S/C14H22N4O.HI/c1-11-5-7-18(8-6-11)14(15)17-10-12-3-4-13(19-2)16-9-12;/h3-4,9,11H,5-8,10H2,1-2H3,(H2,15,17);1H. The summed E-state index contributed by atoms with van der Waals surface area (Å²) in [5.74, 6) is 2.06. The van der Waals surface area contributed by atoms with Crippen molar-refractivity contribution in [3.05, 3.63) is 23.9 Å². The summed E-state index contributed by atoms with van der Waals surface area (Å²) in [7, 11) is 1.61. The van der Waals surface area contributed by atoms with Gasteiger partial charge in [0.05, 0.1) is 13.7 Å². The molecular weight excluding hydrogens is 367 g/mol. The van der Waals surface area contributed by atoms with Crippen molar-refractivity contribution in [3.8, 4) is 5.88 Å². The molecule has 1 aromatic rings. The van der Waals surface area contributed by atoms with E-state index in [0.717, 1.165) is 24.6 Å². The number of likely N-dealkylation sites (tertiary alicyclic amines) is 1. The number of aliphatic imine (C=N–C) groups is 1. The number of hydrogen-bond acceptors (Lipinski definition) is 3. The number of guanidine groups is 1. The second-order valence-corrected chi connectivity index (χ2v) is 5.05. The number of rotatable bonds is 3. The highest BCUT2D eigenvalue weighted by Gasteiger charge is 2.16. The molecule has 0 unspecified atom stereocenters. The van der Waals surface area contributed by atoms with Crippen LogP contribution in [-0.4, -0.2) is 36.0 Å². The third-order valence-corrected chi connectivity index (χ3v) is 3.54. The van der Waals surface area contributed by atoms with E-state index in [2.05, 4.69) is 21.8 Å². The van der Waals surface area contributed by atoms with E-state index >= 15 is 0 Å². The lowest BCUT2D eigenvalue weighted by atomic mass is 10.00. The van der Waals surface area contributed by atoms with E-state index in [-0.39, 0.29) is 24.0 Å². The number of nitrogens with two attached hydrogens (primary N) is 1. The molecule has 0 aliphatic carbocycles. The van der Waals surface area contributed by atoms with Crippen molar-refractivity contribution < 1.29 is 4.74 Å². The third-order valence-electron chi connectivity index (χ3n) is 3.54. The fraction of sp³-hybridized carbons (Fsp3) is 0.571. The SMILES string of the molecule is COc1ccc(CN=C(N)N2CCC(C)CC2)cn1.I. The zero-order chi connectivity index (χ0) is 13.7. The number of hydrogen-bond donors (Lipinski definition) is 1. The zero-order valence-corrected chi connectivity index (χ0v) is 14.4. The first-order chi connectivity index (χ1) is 9.19. The fourth-order valence-electron chi connectivity index (χ4n) is 2.14. The van der Waals surface area contributed by atoms with Crippen molar-refractivity contribution in [1.82, 2.24) is 9.88 Å². The largest absolute Gasteiger partial charge is 0.481 e. The molecule has 0 amide bonds. The van der Waals surface area contributed by atoms with Gasteiger partial charge in [-0.15, -0.1) is 24.0 Å². The highest BCUT2D eigenvalue weighted by molar-refractivity contribution is 14.0. The van der Waals surface area contributed by atoms with Gasteiger partial charge < -0.3 is 15.4 Å². The number of pyridine rings is 1. The van der Waals surface area contributed by atoms with Crippen LogP contribution >= 0.6 is 24.0 Å². The number of halogens is 1. The lowest BCUT2D eigenvalue weighted by molar-refractivity contribution is 0.277. The van der Waals surface area contributed by atoms with E-state index < -0.39 is 0 Å². The van der Waals surface area contributed by atoms with Crippen molar-refractivity contribution >= 4 is 29.9 Å². The Labute approximate surface area is 137 Å². The van der Waals surface area contributed by atoms with E-state index in [4.69, 9.17) is 10.5 Å². The quantitative estimate of drug-likeness (QED) is 0.489. The Kier molecular flexibility index (Phi) is 7.04. The van der Waals surface area contributed by atoms with Gasteiger partial charge in [0.1, 0.15) is 0 Å². The molecule has 0 aromatic carbocycles. The molecule has 2 N–H and O–H groups in total. The molecule has 1 aliphatic rings. The van der Waals surface area contributed by atoms with Gasteiger partial charge in [0.15, 0.2) is 5.96 Å². The van der Waals surface area contributed by atoms with Crippen LogP contribution in [0.2, 0.25) is 0 Å². The van der Waals surface area contributed by atoms with Crippen molar-refractivity contribution in [2.75, 3.05) is 20.2 Å². The van der Waals surface area contributed by atoms with Gasteiger partial charge in [0.25, 0.3) is 0 Å². The van der Waals surface area contributed by atoms with Crippen molar-refractivity contribution in [1.29, 1.82) is 0 Å². The van der Waals surface area contributed by atoms with Gasteiger partial charge in [-0.3, -0.25) is 0 Å². The summed E-state index contributed by atoms with van der Waals surface area (Å²) in [5, 5.41) is 0. The van der Waals surface area contributed by atoms with Crippen LogP contribution in [0.25, 0.3) is 0 Å². The minimum Gasteiger partial charge on any atom is -0.481 e. The first-order valence-electron chi connectivity index (χ1n) is 6.73. The molecule has 112 valence electrons. The van der Waals surface area contributed by atoms with E-state index in [1.54, 1.807) is 13.3 Å². The minimum atomic E-state index is 0. The number of nitrogens with zero attached hydrogens (tertiary/aromatic N) is 3. The van der Waals surface area contributed by atoms with Crippen molar-refractivity contribution in [2.24, 2.45) is 16.6 Å². The molecule has 1 aliphatic heterocycles. The molecule has 1 aromatic heterocycles. The molecule has 6 heteroatoms. The Morgan fingerprint density at radius 1 is 1.45 bits per heavy atom. The Hall–Kier alpha value is -1.05. The summed E-state index contributed by atoms with van der Waals surface area (Å²) >= 11 is 0. The number of piperidine rings is 1. The minimum absolute atomic E-state index is 0. The summed E-state index contributed by atoms with van der Waals surface area (Å²) < 4.78 is 5.02. The number of aromatic nitrogens is 1. The third kappa shape index (κ3) is 4.81. The Bertz CT molecular complexity index is 427. The van der Waals surface area contributed by atoms with Crippen LogP contribution in [0.15, 0.2) is 23.3 Å². The second-order valence-electron chi connectivity index (χ2n) is 5.05. The Morgan fingerprint density at radius 3 is 2.70 bits per heavy atom. The summed E-state index contributed by atoms with van der Waals surface area (Å²) in [4.78, 5) is 10.8. The predicted molar refractivity (Wildman–Crippen MR) is 91.5 cm³/mol. The molecule has 0 bridgehead atoms. The molecule has 0 atom stereocenters. The normalized spacial score (nSPS) is 16.7. The Morgan fingerprint density at radius 2 is 2.15 bits per heavy atom. The summed E-state index contributed by atoms with van der Waals surface area (Å²) in [6.45, 7) is 4.87. The molecular formula is C14H23IN4O. The highest BCUT2D eigenvalue weighted by atomic mass is 127. The maximum Gasteiger partial charge on any atom is 0.212 e. The van der Waals surface area contributed by atoms with Crippen LogP contribution in [0, 0.1) is 5.92 Å². The van der Waals surface area contributed by atoms with Gasteiger partial charge in [0.2, 0.25) is 5.88 Å². The lowest BCUT2D eigenvalue weighted by Crippen LogP contribution is -2.42. The Balaban J connectivity index is 0.00000200. The average molecular weight is 390 g/mol. The molecule has 2 heterocycles. The predicted octanol–water partition coefficient (Wildman–Crippen LogP) is 2.25. The molecule has 0 saturated carbocycles. The van der Waals surface area contributed by atoms with Gasteiger partial charge >= 0.3 is 0 Å². The fourth-order valence-corrected chi connectivity index (χ4v) is 2.14. The molecule has 2 rings (SSSR count). The van der Waals surface area contributed by atoms with Crippen molar-refractivity contribution in [2.45, 2.75) is 26.3 Å². The maximum absolute atomic E-state index is 6.03. The van der Waals surface area contributed by atoms with E-state index in [1.807, 2.05) is 12.1 Å². The van der Waals surface area contributed by atoms with Gasteiger partial charge in [-0.25, -0.2) is 9.98 Å². The van der Waals surface area contributed by atoms with Crippen LogP contribution in [0.4, 0.5) is 0 Å². The van der Waals surface area contributed by atoms with Crippen LogP contribution in [0.5, 0.6) is 5.88 Å². The zero-order valence-electron chi connectivity index (χ0n) is 12.1. The molecule has 1 saturated heterocycles. The van der Waals surface area contributed by atoms with Crippen LogP contribution in [-0.2, 0) is 6.54 Å². The average Bonchev–Trinajstić information content (AvgIpc) is 2.46. The first-order valence-corrected chi connectivity index (χ1v) is 6.73. The number of methoxy groups -OCH3 is 1. The monoisotopic (exact) mass is 390 g/mol. The van der Waals surface area contributed by atoms with Gasteiger partial charge in [-0.2, -0.15) is 0 Å². The topological polar surface area (TPSA) is 63.7 Å². The molecule has 0 radical (unpaired) electrons. The van der Waals surface area contributed by atoms with Crippen LogP contribution in [0.3, 0.4) is 0 Å². The summed E-state index contributed by atoms with van der Waals surface area (Å²) in [6.07, 6.45) is 4.16. The molecule has 20 heavy (non-hydrogen) atoms. The van der Waals surface area contributed by atoms with Gasteiger partial charge in [-0.05, 0) is 24.3 Å². The molecule has 5 nitrogen and oxygen atoms in total. The smallest absolute Gasteiger partial charge is 0.212 e. The second kappa shape index (κ2) is 8.28. The highest BCUT2D eigenvalue weighted by Crippen LogP contribution is 2.15. The summed E-state index contributed by atoms with van der Waals surface area (Å²) in [6, 6.07) is 3.80. The van der Waals surface area contributed by atoms with Crippen molar-refractivity contribution in [3.63, 3.8) is 0 Å². The van der Waals surface area contributed by atoms with Gasteiger partial charge in [-0.1, -0.05) is 13.0 Å². The summed E-state index contributed by atoms with van der Waals surface area (Å²) in [5.41, 5.74) is 7.06. The van der Waals surface area contributed by atoms with Crippen LogP contribution in [0.1, 0.15) is 25.3 Å². The lowest BCUT2D eigenvalue weighted by Gasteiger charge is -2.31. The van der Waals surface area contributed by atoms with E-state index in [1.165, 1.54) is 12.8 Å². The molecule has 1 fully saturated rings. The van der Waals surface area contributed by atoms with Crippen LogP contribution < -0.4 is 10.5 Å². The maximum atomic E-state index is 6.03. The molecule has 0 spiro atoms. The van der Waals surface area contributed by atoms with Gasteiger partial charge in [0, 0.05) is 25.4 Å². The van der Waals surface area contributed by atoms with E-state index in [9.17, 15) is 0 Å². The first kappa shape index (κ1) is 17.0. The number of ether oxygens (including phenoxy) is 1.